The van der Waals surface area contributed by atoms with Crippen LogP contribution >= 0.6 is 15.9 Å². The van der Waals surface area contributed by atoms with Gasteiger partial charge in [0.05, 0.1) is 24.1 Å². The Morgan fingerprint density at radius 2 is 2.43 bits per heavy atom. The van der Waals surface area contributed by atoms with E-state index < -0.39 is 5.60 Å². The molecular formula is C9H11BrN2O2. The fourth-order valence-electron chi connectivity index (χ4n) is 1.53. The van der Waals surface area contributed by atoms with Crippen molar-refractivity contribution in [3.8, 4) is 0 Å². The number of nitrogens with one attached hydrogen (secondary N) is 1. The van der Waals surface area contributed by atoms with Crippen LogP contribution in [-0.2, 0) is 10.3 Å². The van der Waals surface area contributed by atoms with E-state index in [2.05, 4.69) is 26.1 Å². The molecule has 1 aliphatic rings. The third-order valence-corrected chi connectivity index (χ3v) is 3.06. The van der Waals surface area contributed by atoms with E-state index >= 15 is 0 Å². The number of ketones is 1. The minimum atomic E-state index is -0.482. The summed E-state index contributed by atoms with van der Waals surface area (Å²) in [7, 11) is 0. The van der Waals surface area contributed by atoms with Gasteiger partial charge in [-0.25, -0.2) is 0 Å². The fraction of sp³-hybridized carbons (Fsp3) is 0.556. The Morgan fingerprint density at radius 3 is 3.14 bits per heavy atom. The summed E-state index contributed by atoms with van der Waals surface area (Å²) in [6.07, 6.45) is 1.56. The second-order valence-corrected chi connectivity index (χ2v) is 4.92. The van der Waals surface area contributed by atoms with E-state index in [-0.39, 0.29) is 10.6 Å². The average Bonchev–Trinajstić information content (AvgIpc) is 2.59. The molecule has 1 N–H and O–H groups in total. The molecule has 1 aromatic rings. The van der Waals surface area contributed by atoms with Crippen LogP contribution in [0.1, 0.15) is 29.9 Å². The highest BCUT2D eigenvalue weighted by molar-refractivity contribution is 9.10. The lowest BCUT2D eigenvalue weighted by atomic mass is 10.00. The number of Topliss-reactive ketones (excluding diaryl/α,β-unsaturated/α-hetero) is 1. The number of hydrogen-bond acceptors (Lipinski definition) is 3. The molecular weight excluding hydrogens is 248 g/mol. The zero-order valence-corrected chi connectivity index (χ0v) is 9.59. The molecule has 0 fully saturated rings. The maximum Gasteiger partial charge on any atom is 0.182 e. The smallest absolute Gasteiger partial charge is 0.182 e. The van der Waals surface area contributed by atoms with Gasteiger partial charge in [-0.15, -0.1) is 0 Å². The second kappa shape index (κ2) is 3.17. The van der Waals surface area contributed by atoms with Crippen LogP contribution in [0, 0.1) is 0 Å². The predicted octanol–water partition coefficient (Wildman–Crippen LogP) is 1.62. The van der Waals surface area contributed by atoms with Gasteiger partial charge >= 0.3 is 0 Å². The van der Waals surface area contributed by atoms with Gasteiger partial charge in [0.15, 0.2) is 5.78 Å². The lowest BCUT2D eigenvalue weighted by Crippen LogP contribution is -2.23. The molecule has 0 radical (unpaired) electrons. The van der Waals surface area contributed by atoms with Gasteiger partial charge in [0, 0.05) is 0 Å². The van der Waals surface area contributed by atoms with Gasteiger partial charge < -0.3 is 4.74 Å². The lowest BCUT2D eigenvalue weighted by Gasteiger charge is -2.22. The molecule has 5 heteroatoms. The summed E-state index contributed by atoms with van der Waals surface area (Å²) in [6, 6.07) is 0. The Bertz CT molecular complexity index is 373. The number of rotatable bonds is 0. The second-order valence-electron chi connectivity index (χ2n) is 3.81. The van der Waals surface area contributed by atoms with Crippen molar-refractivity contribution in [3.63, 3.8) is 0 Å². The van der Waals surface area contributed by atoms with Crippen LogP contribution in [0.3, 0.4) is 0 Å². The molecule has 76 valence electrons. The number of aromatic nitrogens is 2. The topological polar surface area (TPSA) is 55.0 Å². The number of halogens is 1. The number of carbonyl (C=O) groups is 1. The summed E-state index contributed by atoms with van der Waals surface area (Å²) in [5, 5.41) is 6.70. The molecule has 0 spiro atoms. The van der Waals surface area contributed by atoms with Crippen molar-refractivity contribution in [1.82, 2.24) is 10.2 Å². The highest BCUT2D eigenvalue weighted by atomic mass is 79.9. The zero-order valence-electron chi connectivity index (χ0n) is 8.00. The first-order valence-corrected chi connectivity index (χ1v) is 5.30. The summed E-state index contributed by atoms with van der Waals surface area (Å²) in [4.78, 5) is 11.5. The molecule has 0 aromatic carbocycles. The summed E-state index contributed by atoms with van der Waals surface area (Å²) in [6.45, 7) is 4.22. The molecule has 14 heavy (non-hydrogen) atoms. The number of aromatic amines is 1. The SMILES string of the molecule is CC1(C)OCC(Br)C(=O)c2cn[nH]c21. The third-order valence-electron chi connectivity index (χ3n) is 2.38. The van der Waals surface area contributed by atoms with Crippen LogP contribution in [0.15, 0.2) is 6.20 Å². The standard InChI is InChI=1S/C9H11BrN2O2/c1-9(2)8-5(3-11-12-8)7(13)6(10)4-14-9/h3,6H,4H2,1-2H3,(H,11,12). The van der Waals surface area contributed by atoms with Gasteiger partial charge in [-0.3, -0.25) is 9.89 Å². The highest BCUT2D eigenvalue weighted by Gasteiger charge is 2.35. The van der Waals surface area contributed by atoms with Crippen LogP contribution in [-0.4, -0.2) is 27.4 Å². The van der Waals surface area contributed by atoms with Crippen molar-refractivity contribution in [3.05, 3.63) is 17.5 Å². The quantitative estimate of drug-likeness (QED) is 0.720. The summed E-state index contributed by atoms with van der Waals surface area (Å²) >= 11 is 3.29. The van der Waals surface area contributed by atoms with Gasteiger partial charge in [0.1, 0.15) is 10.4 Å². The molecule has 2 heterocycles. The van der Waals surface area contributed by atoms with Gasteiger partial charge in [-0.05, 0) is 13.8 Å². The van der Waals surface area contributed by atoms with Crippen molar-refractivity contribution < 1.29 is 9.53 Å². The normalized spacial score (nSPS) is 25.6. The number of carbonyl (C=O) groups excluding carboxylic acids is 1. The van der Waals surface area contributed by atoms with E-state index in [1.807, 2.05) is 13.8 Å². The Labute approximate surface area is 90.2 Å². The Hall–Kier alpha value is -0.680. The minimum absolute atomic E-state index is 0.0272. The Kier molecular flexibility index (Phi) is 2.23. The van der Waals surface area contributed by atoms with Crippen molar-refractivity contribution >= 4 is 21.7 Å². The molecule has 0 amide bonds. The minimum Gasteiger partial charge on any atom is -0.368 e. The number of H-pyrrole nitrogens is 1. The molecule has 2 rings (SSSR count). The summed E-state index contributed by atoms with van der Waals surface area (Å²) < 4.78 is 5.62. The molecule has 0 bridgehead atoms. The van der Waals surface area contributed by atoms with Crippen LogP contribution in [0.25, 0.3) is 0 Å². The first kappa shape index (κ1) is 9.86. The van der Waals surface area contributed by atoms with Crippen molar-refractivity contribution in [2.24, 2.45) is 0 Å². The molecule has 0 saturated heterocycles. The molecule has 1 atom stereocenters. The number of nitrogens with zero attached hydrogens (tertiary/aromatic N) is 1. The van der Waals surface area contributed by atoms with Crippen LogP contribution in [0.5, 0.6) is 0 Å². The number of alkyl halides is 1. The Balaban J connectivity index is 2.54. The largest absolute Gasteiger partial charge is 0.368 e. The summed E-state index contributed by atoms with van der Waals surface area (Å²) in [5.41, 5.74) is 0.892. The third kappa shape index (κ3) is 1.40. The molecule has 0 saturated carbocycles. The van der Waals surface area contributed by atoms with Crippen molar-refractivity contribution in [2.45, 2.75) is 24.3 Å². The van der Waals surface area contributed by atoms with E-state index in [0.717, 1.165) is 5.69 Å². The van der Waals surface area contributed by atoms with Gasteiger partial charge in [-0.1, -0.05) is 15.9 Å². The predicted molar refractivity (Wildman–Crippen MR) is 54.6 cm³/mol. The molecule has 4 nitrogen and oxygen atoms in total. The molecule has 1 aromatic heterocycles. The maximum absolute atomic E-state index is 11.8. The molecule has 1 aliphatic heterocycles. The van der Waals surface area contributed by atoms with E-state index in [1.54, 1.807) is 6.20 Å². The highest BCUT2D eigenvalue weighted by Crippen LogP contribution is 2.31. The van der Waals surface area contributed by atoms with Crippen molar-refractivity contribution in [1.29, 1.82) is 0 Å². The number of hydrogen-bond donors (Lipinski definition) is 1. The fourth-order valence-corrected chi connectivity index (χ4v) is 1.91. The number of fused-ring (bicyclic) bond motifs is 1. The monoisotopic (exact) mass is 258 g/mol. The molecule has 1 unspecified atom stereocenters. The zero-order chi connectivity index (χ0) is 10.3. The lowest BCUT2D eigenvalue weighted by molar-refractivity contribution is -0.0180. The van der Waals surface area contributed by atoms with Gasteiger partial charge in [0.25, 0.3) is 0 Å². The Morgan fingerprint density at radius 1 is 1.71 bits per heavy atom. The number of ether oxygens (including phenoxy) is 1. The summed E-state index contributed by atoms with van der Waals surface area (Å²) in [5.74, 6) is 0.0272. The maximum atomic E-state index is 11.8. The van der Waals surface area contributed by atoms with Gasteiger partial charge in [-0.2, -0.15) is 5.10 Å². The van der Waals surface area contributed by atoms with E-state index in [0.29, 0.717) is 12.2 Å². The van der Waals surface area contributed by atoms with Crippen LogP contribution < -0.4 is 0 Å². The average molecular weight is 259 g/mol. The van der Waals surface area contributed by atoms with E-state index in [9.17, 15) is 4.79 Å². The van der Waals surface area contributed by atoms with E-state index in [1.165, 1.54) is 0 Å². The van der Waals surface area contributed by atoms with Crippen molar-refractivity contribution in [2.75, 3.05) is 6.61 Å². The first-order valence-electron chi connectivity index (χ1n) is 4.38. The van der Waals surface area contributed by atoms with Crippen LogP contribution in [0.2, 0.25) is 0 Å². The van der Waals surface area contributed by atoms with Crippen LogP contribution in [0.4, 0.5) is 0 Å². The van der Waals surface area contributed by atoms with Gasteiger partial charge in [0.2, 0.25) is 0 Å². The van der Waals surface area contributed by atoms with E-state index in [4.69, 9.17) is 4.74 Å². The first-order chi connectivity index (χ1) is 6.52. The molecule has 0 aliphatic carbocycles.